The molecule has 184 valence electrons. The average molecular weight is 437 g/mol. The van der Waals surface area contributed by atoms with Crippen LogP contribution in [-0.2, 0) is 9.53 Å². The van der Waals surface area contributed by atoms with Gasteiger partial charge >= 0.3 is 5.97 Å². The third-order valence-electron chi connectivity index (χ3n) is 6.45. The summed E-state index contributed by atoms with van der Waals surface area (Å²) in [4.78, 5) is 11.2. The molecule has 0 bridgehead atoms. The summed E-state index contributed by atoms with van der Waals surface area (Å²) in [5.41, 5.74) is 0. The first-order chi connectivity index (χ1) is 15.3. The van der Waals surface area contributed by atoms with Gasteiger partial charge < -0.3 is 4.74 Å². The Labute approximate surface area is 196 Å². The van der Waals surface area contributed by atoms with Gasteiger partial charge in [-0.2, -0.15) is 0 Å². The molecule has 0 N–H and O–H groups in total. The minimum Gasteiger partial charge on any atom is -0.435 e. The first-order valence-electron chi connectivity index (χ1n) is 14.1. The van der Waals surface area contributed by atoms with Crippen molar-refractivity contribution in [1.29, 1.82) is 0 Å². The Morgan fingerprint density at radius 1 is 0.516 bits per heavy atom. The Bertz CT molecular complexity index is 364. The number of carbonyl (C=O) groups excluding carboxylic acids is 1. The second-order valence-electron chi connectivity index (χ2n) is 9.54. The van der Waals surface area contributed by atoms with E-state index >= 15 is 0 Å². The fourth-order valence-electron chi connectivity index (χ4n) is 4.38. The van der Waals surface area contributed by atoms with Crippen molar-refractivity contribution in [3.8, 4) is 0 Å². The van der Waals surface area contributed by atoms with Crippen LogP contribution in [0.3, 0.4) is 0 Å². The molecule has 0 aliphatic carbocycles. The highest BCUT2D eigenvalue weighted by Crippen LogP contribution is 2.15. The van der Waals surface area contributed by atoms with Gasteiger partial charge in [0.25, 0.3) is 0 Å². The Hall–Kier alpha value is -0.790. The van der Waals surface area contributed by atoms with Gasteiger partial charge in [-0.25, -0.2) is 0 Å². The van der Waals surface area contributed by atoms with Crippen molar-refractivity contribution < 1.29 is 9.53 Å². The van der Waals surface area contributed by atoms with Gasteiger partial charge in [0.2, 0.25) is 0 Å². The van der Waals surface area contributed by atoms with Gasteiger partial charge in [-0.05, 0) is 6.42 Å². The largest absolute Gasteiger partial charge is 0.435 e. The molecule has 0 fully saturated rings. The maximum absolute atomic E-state index is 11.2. The van der Waals surface area contributed by atoms with E-state index in [1.807, 2.05) is 0 Å². The monoisotopic (exact) mass is 436 g/mol. The van der Waals surface area contributed by atoms with E-state index in [1.54, 1.807) is 0 Å². The molecule has 0 rings (SSSR count). The standard InChI is InChI=1S/C29H56O2/c1-3-5-6-7-8-9-10-11-12-13-14-15-16-17-18-19-20-21-22-23-24-25-26-27-28-29(30)31-4-2/h4H,2-3,5-28H2,1H3. The van der Waals surface area contributed by atoms with Crippen molar-refractivity contribution in [2.75, 3.05) is 0 Å². The van der Waals surface area contributed by atoms with Crippen LogP contribution in [0.2, 0.25) is 0 Å². The maximum atomic E-state index is 11.2. The fourth-order valence-corrected chi connectivity index (χ4v) is 4.38. The van der Waals surface area contributed by atoms with E-state index < -0.39 is 0 Å². The van der Waals surface area contributed by atoms with Crippen molar-refractivity contribution in [1.82, 2.24) is 0 Å². The van der Waals surface area contributed by atoms with Crippen LogP contribution < -0.4 is 0 Å². The number of hydrogen-bond acceptors (Lipinski definition) is 2. The van der Waals surface area contributed by atoms with E-state index in [9.17, 15) is 4.79 Å². The highest BCUT2D eigenvalue weighted by Gasteiger charge is 2.00. The molecule has 0 aliphatic heterocycles. The zero-order chi connectivity index (χ0) is 22.7. The third kappa shape index (κ3) is 27.2. The van der Waals surface area contributed by atoms with Crippen molar-refractivity contribution in [3.63, 3.8) is 0 Å². The Balaban J connectivity index is 3.03. The second kappa shape index (κ2) is 27.2. The topological polar surface area (TPSA) is 26.3 Å². The van der Waals surface area contributed by atoms with Crippen molar-refractivity contribution in [2.24, 2.45) is 0 Å². The van der Waals surface area contributed by atoms with Crippen molar-refractivity contribution in [3.05, 3.63) is 12.8 Å². The smallest absolute Gasteiger partial charge is 0.310 e. The molecule has 0 aliphatic rings. The van der Waals surface area contributed by atoms with E-state index in [2.05, 4.69) is 13.5 Å². The van der Waals surface area contributed by atoms with Crippen LogP contribution in [0, 0.1) is 0 Å². The second-order valence-corrected chi connectivity index (χ2v) is 9.54. The van der Waals surface area contributed by atoms with Crippen LogP contribution in [0.25, 0.3) is 0 Å². The molecule has 0 amide bonds. The van der Waals surface area contributed by atoms with E-state index in [-0.39, 0.29) is 5.97 Å². The highest BCUT2D eigenvalue weighted by atomic mass is 16.5. The molecule has 0 saturated heterocycles. The number of unbranched alkanes of at least 4 members (excludes halogenated alkanes) is 23. The molecule has 0 heterocycles. The lowest BCUT2D eigenvalue weighted by atomic mass is 10.0. The summed E-state index contributed by atoms with van der Waals surface area (Å²) < 4.78 is 4.72. The summed E-state index contributed by atoms with van der Waals surface area (Å²) in [6.45, 7) is 5.69. The predicted molar refractivity (Wildman–Crippen MR) is 137 cm³/mol. The van der Waals surface area contributed by atoms with Gasteiger partial charge in [0.1, 0.15) is 0 Å². The van der Waals surface area contributed by atoms with E-state index in [1.165, 1.54) is 148 Å². The Morgan fingerprint density at radius 2 is 0.774 bits per heavy atom. The molecule has 0 atom stereocenters. The van der Waals surface area contributed by atoms with Crippen LogP contribution in [0.15, 0.2) is 12.8 Å². The number of esters is 1. The first-order valence-corrected chi connectivity index (χ1v) is 14.1. The Kier molecular flexibility index (Phi) is 26.5. The van der Waals surface area contributed by atoms with Crippen LogP contribution in [0.5, 0.6) is 0 Å². The molecule has 0 aromatic heterocycles. The molecular formula is C29H56O2. The summed E-state index contributed by atoms with van der Waals surface area (Å²) in [5, 5.41) is 0. The minimum absolute atomic E-state index is 0.145. The van der Waals surface area contributed by atoms with Gasteiger partial charge in [-0.1, -0.05) is 161 Å². The first kappa shape index (κ1) is 30.2. The number of ether oxygens (including phenoxy) is 1. The number of rotatable bonds is 26. The lowest BCUT2D eigenvalue weighted by Gasteiger charge is -2.04. The summed E-state index contributed by atoms with van der Waals surface area (Å²) in [7, 11) is 0. The quantitative estimate of drug-likeness (QED) is 0.0765. The van der Waals surface area contributed by atoms with Crippen molar-refractivity contribution in [2.45, 2.75) is 167 Å². The third-order valence-corrected chi connectivity index (χ3v) is 6.45. The van der Waals surface area contributed by atoms with Crippen molar-refractivity contribution >= 4 is 5.97 Å². The van der Waals surface area contributed by atoms with Crippen LogP contribution >= 0.6 is 0 Å². The van der Waals surface area contributed by atoms with Gasteiger partial charge in [-0.15, -0.1) is 0 Å². The Morgan fingerprint density at radius 3 is 1.03 bits per heavy atom. The van der Waals surface area contributed by atoms with Gasteiger partial charge in [0, 0.05) is 6.42 Å². The fraction of sp³-hybridized carbons (Fsp3) is 0.897. The van der Waals surface area contributed by atoms with Crippen LogP contribution in [0.4, 0.5) is 0 Å². The molecule has 0 aromatic carbocycles. The number of carbonyl (C=O) groups is 1. The van der Waals surface area contributed by atoms with E-state index in [4.69, 9.17) is 4.74 Å². The summed E-state index contributed by atoms with van der Waals surface area (Å²) in [5.74, 6) is -0.145. The minimum atomic E-state index is -0.145. The summed E-state index contributed by atoms with van der Waals surface area (Å²) >= 11 is 0. The molecule has 0 aromatic rings. The molecule has 2 heteroatoms. The molecule has 0 saturated carbocycles. The van der Waals surface area contributed by atoms with Gasteiger partial charge in [-0.3, -0.25) is 4.79 Å². The number of hydrogen-bond donors (Lipinski definition) is 0. The zero-order valence-corrected chi connectivity index (χ0v) is 21.3. The van der Waals surface area contributed by atoms with E-state index in [0.717, 1.165) is 12.8 Å². The van der Waals surface area contributed by atoms with Crippen LogP contribution in [-0.4, -0.2) is 5.97 Å². The highest BCUT2D eigenvalue weighted by molar-refractivity contribution is 5.69. The zero-order valence-electron chi connectivity index (χ0n) is 21.3. The molecule has 0 unspecified atom stereocenters. The average Bonchev–Trinajstić information content (AvgIpc) is 2.77. The molecular weight excluding hydrogens is 380 g/mol. The summed E-state index contributed by atoms with van der Waals surface area (Å²) in [6.07, 6.45) is 35.2. The normalized spacial score (nSPS) is 11.0. The predicted octanol–water partition coefficient (Wildman–Crippen LogP) is 10.4. The van der Waals surface area contributed by atoms with Gasteiger partial charge in [0.15, 0.2) is 0 Å². The summed E-state index contributed by atoms with van der Waals surface area (Å²) in [6, 6.07) is 0. The van der Waals surface area contributed by atoms with Crippen LogP contribution in [0.1, 0.15) is 167 Å². The molecule has 0 radical (unpaired) electrons. The molecule has 2 nitrogen and oxygen atoms in total. The lowest BCUT2D eigenvalue weighted by Crippen LogP contribution is -1.98. The molecule has 0 spiro atoms. The lowest BCUT2D eigenvalue weighted by molar-refractivity contribution is -0.138. The van der Waals surface area contributed by atoms with Gasteiger partial charge in [0.05, 0.1) is 6.26 Å². The van der Waals surface area contributed by atoms with E-state index in [0.29, 0.717) is 6.42 Å². The molecule has 31 heavy (non-hydrogen) atoms. The maximum Gasteiger partial charge on any atom is 0.310 e. The SMILES string of the molecule is C=COC(=O)CCCCCCCCCCCCCCCCCCCCCCCCCC.